The molecule has 0 aliphatic carbocycles. The Hall–Kier alpha value is -1.04. The molecule has 0 aliphatic rings. The van der Waals surface area contributed by atoms with Gasteiger partial charge in [0.15, 0.2) is 0 Å². The van der Waals surface area contributed by atoms with Gasteiger partial charge in [0.1, 0.15) is 0 Å². The van der Waals surface area contributed by atoms with Gasteiger partial charge in [0.05, 0.1) is 12.0 Å². The Balaban J connectivity index is 2.29. The second-order valence-electron chi connectivity index (χ2n) is 3.68. The topological polar surface area (TPSA) is 29.9 Å². The normalized spacial score (nSPS) is 12.0. The molecule has 0 bridgehead atoms. The molecule has 6 heteroatoms. The average Bonchev–Trinajstić information content (AvgIpc) is 2.60. The number of imidazole rings is 1. The van der Waals surface area contributed by atoms with Crippen molar-refractivity contribution in [1.82, 2.24) is 14.9 Å². The molecule has 92 valence electrons. The summed E-state index contributed by atoms with van der Waals surface area (Å²) in [7, 11) is 1.82. The maximum atomic E-state index is 11.9. The summed E-state index contributed by atoms with van der Waals surface area (Å²) in [4.78, 5) is 3.97. The second-order valence-corrected chi connectivity index (χ2v) is 3.68. The van der Waals surface area contributed by atoms with Crippen molar-refractivity contribution in [3.8, 4) is 0 Å². The first kappa shape index (κ1) is 13.0. The first-order valence-electron chi connectivity index (χ1n) is 5.23. The van der Waals surface area contributed by atoms with E-state index in [1.807, 2.05) is 11.6 Å². The largest absolute Gasteiger partial charge is 0.389 e. The lowest BCUT2D eigenvalue weighted by atomic mass is 10.2. The smallest absolute Gasteiger partial charge is 0.333 e. The van der Waals surface area contributed by atoms with Crippen molar-refractivity contribution in [2.45, 2.75) is 38.5 Å². The van der Waals surface area contributed by atoms with Crippen molar-refractivity contribution >= 4 is 0 Å². The monoisotopic (exact) mass is 235 g/mol. The third kappa shape index (κ3) is 4.65. The van der Waals surface area contributed by atoms with Crippen LogP contribution in [0.15, 0.2) is 12.5 Å². The van der Waals surface area contributed by atoms with E-state index in [9.17, 15) is 13.2 Å². The van der Waals surface area contributed by atoms with Gasteiger partial charge in [-0.05, 0) is 19.9 Å². The first-order chi connectivity index (χ1) is 7.53. The SMILES string of the molecule is CNCc1cncn1CCCCC(F)(F)F. The molecule has 0 saturated carbocycles. The highest BCUT2D eigenvalue weighted by Crippen LogP contribution is 2.22. The summed E-state index contributed by atoms with van der Waals surface area (Å²) < 4.78 is 37.6. The summed E-state index contributed by atoms with van der Waals surface area (Å²) in [6, 6.07) is 0. The zero-order valence-corrected chi connectivity index (χ0v) is 9.22. The van der Waals surface area contributed by atoms with E-state index in [4.69, 9.17) is 0 Å². The summed E-state index contributed by atoms with van der Waals surface area (Å²) in [5.74, 6) is 0. The van der Waals surface area contributed by atoms with Gasteiger partial charge in [-0.15, -0.1) is 0 Å². The number of aromatic nitrogens is 2. The van der Waals surface area contributed by atoms with Crippen LogP contribution in [0.1, 0.15) is 25.0 Å². The second kappa shape index (κ2) is 5.89. The van der Waals surface area contributed by atoms with Crippen LogP contribution in [0.2, 0.25) is 0 Å². The van der Waals surface area contributed by atoms with Crippen LogP contribution >= 0.6 is 0 Å². The highest BCUT2D eigenvalue weighted by atomic mass is 19.4. The molecule has 0 unspecified atom stereocenters. The Labute approximate surface area is 92.7 Å². The Morgan fingerprint density at radius 2 is 2.12 bits per heavy atom. The van der Waals surface area contributed by atoms with Crippen LogP contribution in [0.4, 0.5) is 13.2 Å². The van der Waals surface area contributed by atoms with Gasteiger partial charge in [-0.1, -0.05) is 0 Å². The van der Waals surface area contributed by atoms with Crippen molar-refractivity contribution < 1.29 is 13.2 Å². The standard InChI is InChI=1S/C10H16F3N3/c1-14-6-9-7-15-8-16(9)5-3-2-4-10(11,12)13/h7-8,14H,2-6H2,1H3. The number of alkyl halides is 3. The molecule has 0 saturated heterocycles. The van der Waals surface area contributed by atoms with E-state index in [1.54, 1.807) is 12.5 Å². The highest BCUT2D eigenvalue weighted by Gasteiger charge is 2.25. The van der Waals surface area contributed by atoms with Crippen molar-refractivity contribution in [3.05, 3.63) is 18.2 Å². The third-order valence-corrected chi connectivity index (χ3v) is 2.27. The molecule has 0 atom stereocenters. The van der Waals surface area contributed by atoms with E-state index < -0.39 is 12.6 Å². The van der Waals surface area contributed by atoms with Crippen molar-refractivity contribution in [2.75, 3.05) is 7.05 Å². The lowest BCUT2D eigenvalue weighted by molar-refractivity contribution is -0.135. The molecular formula is C10H16F3N3. The Morgan fingerprint density at radius 1 is 1.38 bits per heavy atom. The zero-order chi connectivity index (χ0) is 12.0. The van der Waals surface area contributed by atoms with Crippen LogP contribution in [0.3, 0.4) is 0 Å². The molecule has 0 spiro atoms. The summed E-state index contributed by atoms with van der Waals surface area (Å²) in [5.41, 5.74) is 0.995. The number of hydrogen-bond acceptors (Lipinski definition) is 2. The van der Waals surface area contributed by atoms with E-state index in [0.717, 1.165) is 5.69 Å². The molecular weight excluding hydrogens is 219 g/mol. The van der Waals surface area contributed by atoms with E-state index in [1.165, 1.54) is 0 Å². The summed E-state index contributed by atoms with van der Waals surface area (Å²) in [5, 5.41) is 2.98. The predicted molar refractivity (Wildman–Crippen MR) is 54.9 cm³/mol. The van der Waals surface area contributed by atoms with Crippen molar-refractivity contribution in [1.29, 1.82) is 0 Å². The fraction of sp³-hybridized carbons (Fsp3) is 0.700. The van der Waals surface area contributed by atoms with Gasteiger partial charge in [0, 0.05) is 25.7 Å². The maximum absolute atomic E-state index is 11.9. The molecule has 0 amide bonds. The Bertz CT molecular complexity index is 307. The average molecular weight is 235 g/mol. The number of hydrogen-bond donors (Lipinski definition) is 1. The molecule has 1 heterocycles. The number of nitrogens with zero attached hydrogens (tertiary/aromatic N) is 2. The Kier molecular flexibility index (Phi) is 4.79. The molecule has 0 radical (unpaired) electrons. The van der Waals surface area contributed by atoms with E-state index >= 15 is 0 Å². The number of unbranched alkanes of at least 4 members (excludes halogenated alkanes) is 1. The van der Waals surface area contributed by atoms with Gasteiger partial charge < -0.3 is 9.88 Å². The van der Waals surface area contributed by atoms with E-state index in [0.29, 0.717) is 19.5 Å². The Morgan fingerprint density at radius 3 is 2.75 bits per heavy atom. The minimum absolute atomic E-state index is 0.167. The van der Waals surface area contributed by atoms with Crippen molar-refractivity contribution in [3.63, 3.8) is 0 Å². The van der Waals surface area contributed by atoms with Crippen LogP contribution < -0.4 is 5.32 Å². The lowest BCUT2D eigenvalue weighted by Gasteiger charge is -2.08. The number of nitrogens with one attached hydrogen (secondary N) is 1. The molecule has 1 rings (SSSR count). The maximum Gasteiger partial charge on any atom is 0.389 e. The van der Waals surface area contributed by atoms with Gasteiger partial charge in [0.25, 0.3) is 0 Å². The van der Waals surface area contributed by atoms with E-state index in [-0.39, 0.29) is 6.42 Å². The van der Waals surface area contributed by atoms with E-state index in [2.05, 4.69) is 10.3 Å². The quantitative estimate of drug-likeness (QED) is 0.767. The zero-order valence-electron chi connectivity index (χ0n) is 9.22. The van der Waals surface area contributed by atoms with Crippen LogP contribution in [0.25, 0.3) is 0 Å². The third-order valence-electron chi connectivity index (χ3n) is 2.27. The van der Waals surface area contributed by atoms with Gasteiger partial charge in [-0.3, -0.25) is 0 Å². The molecule has 16 heavy (non-hydrogen) atoms. The van der Waals surface area contributed by atoms with Gasteiger partial charge >= 0.3 is 6.18 Å². The summed E-state index contributed by atoms with van der Waals surface area (Å²) in [6.07, 6.45) is -0.681. The molecule has 0 aromatic carbocycles. The fourth-order valence-electron chi connectivity index (χ4n) is 1.49. The first-order valence-corrected chi connectivity index (χ1v) is 5.23. The molecule has 3 nitrogen and oxygen atoms in total. The van der Waals surface area contributed by atoms with Gasteiger partial charge in [-0.2, -0.15) is 13.2 Å². The lowest BCUT2D eigenvalue weighted by Crippen LogP contribution is -2.12. The van der Waals surface area contributed by atoms with Crippen LogP contribution in [0, 0.1) is 0 Å². The van der Waals surface area contributed by atoms with Crippen LogP contribution in [-0.2, 0) is 13.1 Å². The summed E-state index contributed by atoms with van der Waals surface area (Å²) >= 11 is 0. The minimum atomic E-state index is -4.04. The fourth-order valence-corrected chi connectivity index (χ4v) is 1.49. The molecule has 1 aromatic rings. The minimum Gasteiger partial charge on any atom is -0.333 e. The van der Waals surface area contributed by atoms with Gasteiger partial charge in [-0.25, -0.2) is 4.98 Å². The summed E-state index contributed by atoms with van der Waals surface area (Å²) in [6.45, 7) is 1.27. The number of rotatable bonds is 6. The molecule has 0 aliphatic heterocycles. The molecule has 1 N–H and O–H groups in total. The molecule has 1 aromatic heterocycles. The molecule has 0 fully saturated rings. The van der Waals surface area contributed by atoms with Crippen LogP contribution in [-0.4, -0.2) is 22.8 Å². The van der Waals surface area contributed by atoms with Crippen molar-refractivity contribution in [2.24, 2.45) is 0 Å². The van der Waals surface area contributed by atoms with Crippen LogP contribution in [0.5, 0.6) is 0 Å². The number of aryl methyl sites for hydroxylation is 1. The highest BCUT2D eigenvalue weighted by molar-refractivity contribution is 4.97. The number of halogens is 3. The van der Waals surface area contributed by atoms with Gasteiger partial charge in [0.2, 0.25) is 0 Å². The predicted octanol–water partition coefficient (Wildman–Crippen LogP) is 2.34.